The number of hydrogen-bond acceptors (Lipinski definition) is 6. The summed E-state index contributed by atoms with van der Waals surface area (Å²) in [6, 6.07) is 7.80. The second-order valence-corrected chi connectivity index (χ2v) is 9.56. The first-order valence-corrected chi connectivity index (χ1v) is 11.6. The van der Waals surface area contributed by atoms with E-state index in [-0.39, 0.29) is 11.5 Å². The molecule has 10 nitrogen and oxygen atoms in total. The summed E-state index contributed by atoms with van der Waals surface area (Å²) < 4.78 is 4.22. The monoisotopic (exact) mass is 470 g/mol. The lowest BCUT2D eigenvalue weighted by Gasteiger charge is -2.13. The zero-order valence-corrected chi connectivity index (χ0v) is 18.9. The third-order valence-electron chi connectivity index (χ3n) is 6.49. The van der Waals surface area contributed by atoms with Crippen LogP contribution in [0.3, 0.4) is 0 Å². The number of aryl methyl sites for hydroxylation is 1. The molecule has 0 saturated carbocycles. The number of rotatable bonds is 4. The Labute approximate surface area is 195 Å². The normalized spacial score (nSPS) is 13.7. The molecule has 5 aromatic heterocycles. The summed E-state index contributed by atoms with van der Waals surface area (Å²) in [5, 5.41) is 14.1. The van der Waals surface area contributed by atoms with Gasteiger partial charge in [-0.15, -0.1) is 11.3 Å². The van der Waals surface area contributed by atoms with E-state index < -0.39 is 0 Å². The summed E-state index contributed by atoms with van der Waals surface area (Å²) in [4.78, 5) is 35.5. The quantitative estimate of drug-likeness (QED) is 0.411. The van der Waals surface area contributed by atoms with Crippen molar-refractivity contribution in [3.8, 4) is 0 Å². The molecule has 0 bridgehead atoms. The van der Waals surface area contributed by atoms with Crippen molar-refractivity contribution in [2.75, 3.05) is 0 Å². The molecular formula is C23H18N8O2S. The average molecular weight is 471 g/mol. The summed E-state index contributed by atoms with van der Waals surface area (Å²) in [6.07, 6.45) is 5.29. The van der Waals surface area contributed by atoms with Gasteiger partial charge in [0.05, 0.1) is 35.7 Å². The molecular weight excluding hydrogens is 452 g/mol. The van der Waals surface area contributed by atoms with E-state index in [1.54, 1.807) is 23.5 Å². The smallest absolute Gasteiger partial charge is 0.291 e. The topological polar surface area (TPSA) is 117 Å². The molecule has 11 heteroatoms. The number of aromatic amines is 2. The first-order valence-electron chi connectivity index (χ1n) is 10.8. The number of hydrogen-bond donors (Lipinski definition) is 2. The summed E-state index contributed by atoms with van der Waals surface area (Å²) >= 11 is 1.50. The molecule has 6 aromatic rings. The fraction of sp³-hybridized carbons (Fsp3) is 0.174. The lowest BCUT2D eigenvalue weighted by atomic mass is 10.1. The maximum atomic E-state index is 13.4. The van der Waals surface area contributed by atoms with Gasteiger partial charge in [-0.1, -0.05) is 12.1 Å². The molecule has 0 unspecified atom stereocenters. The molecule has 168 valence electrons. The van der Waals surface area contributed by atoms with Crippen molar-refractivity contribution in [1.29, 1.82) is 0 Å². The fourth-order valence-electron chi connectivity index (χ4n) is 4.80. The van der Waals surface area contributed by atoms with Crippen molar-refractivity contribution in [3.05, 3.63) is 75.0 Å². The second kappa shape index (κ2) is 6.87. The summed E-state index contributed by atoms with van der Waals surface area (Å²) in [5.74, 6) is -0.0127. The van der Waals surface area contributed by atoms with Gasteiger partial charge in [-0.05, 0) is 17.7 Å². The van der Waals surface area contributed by atoms with Crippen molar-refractivity contribution in [2.24, 2.45) is 7.05 Å². The van der Waals surface area contributed by atoms with Gasteiger partial charge >= 0.3 is 0 Å². The highest BCUT2D eigenvalue weighted by Crippen LogP contribution is 2.32. The van der Waals surface area contributed by atoms with E-state index >= 15 is 0 Å². The Morgan fingerprint density at radius 1 is 1.12 bits per heavy atom. The van der Waals surface area contributed by atoms with Gasteiger partial charge < -0.3 is 14.5 Å². The van der Waals surface area contributed by atoms with Crippen LogP contribution in [0.1, 0.15) is 26.6 Å². The minimum absolute atomic E-state index is 0.0127. The SMILES string of the molecule is Cn1c2nc(CN3Cc4cc[nH]c4C3=O)sc2c2cnn(Cc3cccc4[nH]ncc34)c(=O)c21. The van der Waals surface area contributed by atoms with Crippen LogP contribution in [0, 0.1) is 0 Å². The van der Waals surface area contributed by atoms with Crippen LogP contribution >= 0.6 is 11.3 Å². The Bertz CT molecular complexity index is 1820. The van der Waals surface area contributed by atoms with Crippen molar-refractivity contribution < 1.29 is 4.79 Å². The number of nitrogens with one attached hydrogen (secondary N) is 2. The van der Waals surface area contributed by atoms with Crippen LogP contribution in [-0.4, -0.2) is 45.3 Å². The minimum atomic E-state index is -0.166. The fourth-order valence-corrected chi connectivity index (χ4v) is 5.92. The highest BCUT2D eigenvalue weighted by atomic mass is 32.1. The first kappa shape index (κ1) is 19.2. The molecule has 0 atom stereocenters. The molecule has 0 saturated heterocycles. The molecule has 6 heterocycles. The van der Waals surface area contributed by atoms with E-state index in [0.717, 1.165) is 42.8 Å². The van der Waals surface area contributed by atoms with E-state index in [0.29, 0.717) is 30.8 Å². The Hall–Kier alpha value is -4.25. The molecule has 1 amide bonds. The third kappa shape index (κ3) is 2.64. The van der Waals surface area contributed by atoms with E-state index in [1.807, 2.05) is 35.9 Å². The van der Waals surface area contributed by atoms with Crippen molar-refractivity contribution >= 4 is 49.4 Å². The van der Waals surface area contributed by atoms with Crippen LogP contribution in [0.5, 0.6) is 0 Å². The lowest BCUT2D eigenvalue weighted by Crippen LogP contribution is -2.24. The minimum Gasteiger partial charge on any atom is -0.357 e. The Balaban J connectivity index is 1.25. The zero-order chi connectivity index (χ0) is 23.0. The molecule has 0 fully saturated rings. The van der Waals surface area contributed by atoms with Crippen LogP contribution in [0.4, 0.5) is 0 Å². The van der Waals surface area contributed by atoms with Crippen molar-refractivity contribution in [3.63, 3.8) is 0 Å². The molecule has 1 aliphatic rings. The number of fused-ring (bicyclic) bond motifs is 5. The van der Waals surface area contributed by atoms with E-state index in [2.05, 4.69) is 20.3 Å². The molecule has 2 N–H and O–H groups in total. The van der Waals surface area contributed by atoms with Gasteiger partial charge in [-0.2, -0.15) is 10.2 Å². The number of thiazole rings is 1. The second-order valence-electron chi connectivity index (χ2n) is 8.48. The number of nitrogens with zero attached hydrogens (tertiary/aromatic N) is 6. The summed E-state index contributed by atoms with van der Waals surface area (Å²) in [6.45, 7) is 1.35. The molecule has 7 rings (SSSR count). The highest BCUT2D eigenvalue weighted by molar-refractivity contribution is 7.19. The predicted molar refractivity (Wildman–Crippen MR) is 128 cm³/mol. The van der Waals surface area contributed by atoms with Crippen LogP contribution in [0.15, 0.2) is 47.7 Å². The van der Waals surface area contributed by atoms with Crippen LogP contribution in [-0.2, 0) is 26.7 Å². The highest BCUT2D eigenvalue weighted by Gasteiger charge is 2.29. The van der Waals surface area contributed by atoms with Crippen LogP contribution < -0.4 is 5.56 Å². The lowest BCUT2D eigenvalue weighted by molar-refractivity contribution is 0.0762. The number of amides is 1. The van der Waals surface area contributed by atoms with Crippen LogP contribution in [0.25, 0.3) is 32.2 Å². The molecule has 0 spiro atoms. The maximum Gasteiger partial charge on any atom is 0.291 e. The van der Waals surface area contributed by atoms with Crippen LogP contribution in [0.2, 0.25) is 0 Å². The average Bonchev–Trinajstić information content (AvgIpc) is 3.63. The molecule has 34 heavy (non-hydrogen) atoms. The number of carbonyl (C=O) groups excluding carboxylic acids is 1. The molecule has 0 radical (unpaired) electrons. The number of benzene rings is 1. The Morgan fingerprint density at radius 2 is 2.03 bits per heavy atom. The van der Waals surface area contributed by atoms with Gasteiger partial charge in [0.15, 0.2) is 5.65 Å². The van der Waals surface area contributed by atoms with Gasteiger partial charge in [0, 0.05) is 36.1 Å². The Morgan fingerprint density at radius 3 is 2.91 bits per heavy atom. The first-order chi connectivity index (χ1) is 16.6. The largest absolute Gasteiger partial charge is 0.357 e. The van der Waals surface area contributed by atoms with E-state index in [9.17, 15) is 9.59 Å². The maximum absolute atomic E-state index is 13.4. The summed E-state index contributed by atoms with van der Waals surface area (Å²) in [5.41, 5.74) is 4.69. The van der Waals surface area contributed by atoms with Crippen molar-refractivity contribution in [2.45, 2.75) is 19.6 Å². The zero-order valence-electron chi connectivity index (χ0n) is 18.1. The van der Waals surface area contributed by atoms with Gasteiger partial charge in [-0.3, -0.25) is 14.7 Å². The number of aromatic nitrogens is 7. The molecule has 0 aliphatic carbocycles. The van der Waals surface area contributed by atoms with Crippen molar-refractivity contribution in [1.82, 2.24) is 39.4 Å². The van der Waals surface area contributed by atoms with Gasteiger partial charge in [0.2, 0.25) is 0 Å². The van der Waals surface area contributed by atoms with E-state index in [1.165, 1.54) is 16.0 Å². The molecule has 1 aromatic carbocycles. The Kier molecular flexibility index (Phi) is 3.89. The predicted octanol–water partition coefficient (Wildman–Crippen LogP) is 2.75. The number of carbonyl (C=O) groups is 1. The van der Waals surface area contributed by atoms with E-state index in [4.69, 9.17) is 4.98 Å². The van der Waals surface area contributed by atoms with Gasteiger partial charge in [0.1, 0.15) is 16.2 Å². The van der Waals surface area contributed by atoms with Gasteiger partial charge in [0.25, 0.3) is 11.5 Å². The number of H-pyrrole nitrogens is 2. The summed E-state index contributed by atoms with van der Waals surface area (Å²) in [7, 11) is 1.85. The third-order valence-corrected chi connectivity index (χ3v) is 7.55. The van der Waals surface area contributed by atoms with Gasteiger partial charge in [-0.25, -0.2) is 9.67 Å². The standard InChI is InChI=1S/C23H18N8O2S/c1-29-19-15(8-26-31(23(19)33)10-12-3-2-4-16-14(12)7-25-28-16)20-21(29)27-17(34-20)11-30-9-13-5-6-24-18(13)22(30)32/h2-8,24H,9-11H2,1H3,(H,25,28). The molecule has 1 aliphatic heterocycles.